The molecule has 1 aromatic heterocycles. The highest BCUT2D eigenvalue weighted by Crippen LogP contribution is 2.44. The Morgan fingerprint density at radius 1 is 1.04 bits per heavy atom. The summed E-state index contributed by atoms with van der Waals surface area (Å²) in [5, 5.41) is 2.06. The SMILES string of the molecule is C[C@H](Cc1cccs1)N(C)C(=O)OCC1c2ccccc2-c2ccccc21. The van der Waals surface area contributed by atoms with Gasteiger partial charge < -0.3 is 9.64 Å². The zero-order valence-corrected chi connectivity index (χ0v) is 16.4. The molecule has 0 saturated carbocycles. The predicted octanol–water partition coefficient (Wildman–Crippen LogP) is 5.56. The molecule has 0 fully saturated rings. The highest BCUT2D eigenvalue weighted by Gasteiger charge is 2.29. The maximum atomic E-state index is 12.6. The number of amides is 1. The molecule has 0 bridgehead atoms. The number of rotatable bonds is 5. The highest BCUT2D eigenvalue weighted by atomic mass is 32.1. The lowest BCUT2D eigenvalue weighted by Gasteiger charge is -2.25. The van der Waals surface area contributed by atoms with Gasteiger partial charge in [0.05, 0.1) is 0 Å². The van der Waals surface area contributed by atoms with Crippen molar-refractivity contribution in [2.24, 2.45) is 0 Å². The number of thiophene rings is 1. The van der Waals surface area contributed by atoms with Gasteiger partial charge in [-0.2, -0.15) is 0 Å². The third kappa shape index (κ3) is 3.50. The normalized spacial score (nSPS) is 13.7. The standard InChI is InChI=1S/C23H23NO2S/c1-16(14-17-8-7-13-27-17)24(2)23(25)26-15-22-20-11-5-3-9-18(20)19-10-4-6-12-21(19)22/h3-13,16,22H,14-15H2,1-2H3/t16-/m1/s1. The number of carbonyl (C=O) groups excluding carboxylic acids is 1. The Morgan fingerprint density at radius 3 is 2.26 bits per heavy atom. The van der Waals surface area contributed by atoms with Crippen LogP contribution in [-0.2, 0) is 11.2 Å². The van der Waals surface area contributed by atoms with Gasteiger partial charge in [-0.25, -0.2) is 4.79 Å². The summed E-state index contributed by atoms with van der Waals surface area (Å²) >= 11 is 1.72. The van der Waals surface area contributed by atoms with Crippen LogP contribution >= 0.6 is 11.3 Å². The molecule has 1 amide bonds. The topological polar surface area (TPSA) is 29.5 Å². The van der Waals surface area contributed by atoms with Crippen molar-refractivity contribution >= 4 is 17.4 Å². The van der Waals surface area contributed by atoms with Gasteiger partial charge in [0.2, 0.25) is 0 Å². The van der Waals surface area contributed by atoms with Gasteiger partial charge in [0.15, 0.2) is 0 Å². The minimum Gasteiger partial charge on any atom is -0.448 e. The molecule has 138 valence electrons. The van der Waals surface area contributed by atoms with Crippen LogP contribution in [-0.4, -0.2) is 30.7 Å². The molecule has 3 nitrogen and oxygen atoms in total. The van der Waals surface area contributed by atoms with Gasteiger partial charge in [-0.1, -0.05) is 54.6 Å². The molecule has 27 heavy (non-hydrogen) atoms. The van der Waals surface area contributed by atoms with Crippen molar-refractivity contribution in [1.29, 1.82) is 0 Å². The van der Waals surface area contributed by atoms with E-state index in [1.54, 1.807) is 16.2 Å². The zero-order chi connectivity index (χ0) is 18.8. The Labute approximate surface area is 164 Å². The first-order valence-electron chi connectivity index (χ1n) is 9.25. The molecule has 3 aromatic rings. The minimum absolute atomic E-state index is 0.0966. The van der Waals surface area contributed by atoms with E-state index in [9.17, 15) is 4.79 Å². The number of nitrogens with zero attached hydrogens (tertiary/aromatic N) is 1. The summed E-state index contributed by atoms with van der Waals surface area (Å²) in [5.41, 5.74) is 4.96. The molecule has 0 aliphatic heterocycles. The monoisotopic (exact) mass is 377 g/mol. The van der Waals surface area contributed by atoms with E-state index in [0.29, 0.717) is 6.61 Å². The first kappa shape index (κ1) is 17.8. The maximum absolute atomic E-state index is 12.6. The molecule has 0 N–H and O–H groups in total. The van der Waals surface area contributed by atoms with Gasteiger partial charge in [-0.05, 0) is 40.6 Å². The lowest BCUT2D eigenvalue weighted by atomic mass is 9.98. The van der Waals surface area contributed by atoms with E-state index >= 15 is 0 Å². The van der Waals surface area contributed by atoms with Crippen molar-refractivity contribution in [3.05, 3.63) is 82.0 Å². The van der Waals surface area contributed by atoms with Gasteiger partial charge in [-0.15, -0.1) is 11.3 Å². The smallest absolute Gasteiger partial charge is 0.409 e. The second kappa shape index (κ2) is 7.57. The minimum atomic E-state index is -0.263. The second-order valence-electron chi connectivity index (χ2n) is 7.05. The molecule has 1 aliphatic carbocycles. The molecule has 1 aliphatic rings. The summed E-state index contributed by atoms with van der Waals surface area (Å²) in [7, 11) is 1.82. The molecular weight excluding hydrogens is 354 g/mol. The molecule has 0 unspecified atom stereocenters. The number of benzene rings is 2. The summed E-state index contributed by atoms with van der Waals surface area (Å²) in [6.45, 7) is 2.42. The summed E-state index contributed by atoms with van der Waals surface area (Å²) in [4.78, 5) is 15.6. The largest absolute Gasteiger partial charge is 0.448 e. The van der Waals surface area contributed by atoms with Crippen LogP contribution in [0.25, 0.3) is 11.1 Å². The van der Waals surface area contributed by atoms with Crippen LogP contribution in [0.4, 0.5) is 4.79 Å². The number of ether oxygens (including phenoxy) is 1. The average molecular weight is 378 g/mol. The fourth-order valence-electron chi connectivity index (χ4n) is 3.73. The molecule has 2 aromatic carbocycles. The summed E-state index contributed by atoms with van der Waals surface area (Å²) < 4.78 is 5.73. The van der Waals surface area contributed by atoms with Crippen LogP contribution in [0, 0.1) is 0 Å². The second-order valence-corrected chi connectivity index (χ2v) is 8.08. The average Bonchev–Trinajstić information content (AvgIpc) is 3.31. The highest BCUT2D eigenvalue weighted by molar-refractivity contribution is 7.09. The number of carbonyl (C=O) groups is 1. The fourth-order valence-corrected chi connectivity index (χ4v) is 4.56. The van der Waals surface area contributed by atoms with Crippen LogP contribution in [0.1, 0.15) is 28.8 Å². The third-order valence-electron chi connectivity index (χ3n) is 5.36. The van der Waals surface area contributed by atoms with Crippen LogP contribution in [0.15, 0.2) is 66.0 Å². The van der Waals surface area contributed by atoms with Gasteiger partial charge in [0, 0.05) is 30.3 Å². The van der Waals surface area contributed by atoms with Crippen LogP contribution < -0.4 is 0 Å². The van der Waals surface area contributed by atoms with E-state index in [1.165, 1.54) is 27.1 Å². The first-order chi connectivity index (χ1) is 13.1. The Bertz CT molecular complexity index is 890. The lowest BCUT2D eigenvalue weighted by Crippen LogP contribution is -2.37. The molecular formula is C23H23NO2S. The Balaban J connectivity index is 1.44. The van der Waals surface area contributed by atoms with Crippen molar-refractivity contribution in [1.82, 2.24) is 4.90 Å². The zero-order valence-electron chi connectivity index (χ0n) is 15.6. The van der Waals surface area contributed by atoms with Gasteiger partial charge >= 0.3 is 6.09 Å². The van der Waals surface area contributed by atoms with E-state index in [4.69, 9.17) is 4.74 Å². The van der Waals surface area contributed by atoms with Crippen molar-refractivity contribution in [2.45, 2.75) is 25.3 Å². The number of fused-ring (bicyclic) bond motifs is 3. The molecule has 1 atom stereocenters. The summed E-state index contributed by atoms with van der Waals surface area (Å²) in [5.74, 6) is 0.0994. The van der Waals surface area contributed by atoms with E-state index in [1.807, 2.05) is 13.1 Å². The van der Waals surface area contributed by atoms with Gasteiger partial charge in [0.25, 0.3) is 0 Å². The van der Waals surface area contributed by atoms with Crippen molar-refractivity contribution in [3.63, 3.8) is 0 Å². The number of likely N-dealkylation sites (N-methyl/N-ethyl adjacent to an activating group) is 1. The molecule has 1 heterocycles. The summed E-state index contributed by atoms with van der Waals surface area (Å²) in [6.07, 6.45) is 0.583. The predicted molar refractivity (Wildman–Crippen MR) is 110 cm³/mol. The molecule has 0 saturated heterocycles. The van der Waals surface area contributed by atoms with Crippen molar-refractivity contribution in [3.8, 4) is 11.1 Å². The summed E-state index contributed by atoms with van der Waals surface area (Å²) in [6, 6.07) is 21.0. The Kier molecular flexibility index (Phi) is 4.99. The number of hydrogen-bond acceptors (Lipinski definition) is 3. The molecule has 0 spiro atoms. The van der Waals surface area contributed by atoms with E-state index in [0.717, 1.165) is 6.42 Å². The van der Waals surface area contributed by atoms with Crippen LogP contribution in [0.3, 0.4) is 0 Å². The van der Waals surface area contributed by atoms with Crippen LogP contribution in [0.5, 0.6) is 0 Å². The van der Waals surface area contributed by atoms with Crippen molar-refractivity contribution < 1.29 is 9.53 Å². The van der Waals surface area contributed by atoms with Crippen LogP contribution in [0.2, 0.25) is 0 Å². The van der Waals surface area contributed by atoms with Gasteiger partial charge in [-0.3, -0.25) is 0 Å². The van der Waals surface area contributed by atoms with E-state index < -0.39 is 0 Å². The number of hydrogen-bond donors (Lipinski definition) is 0. The molecule has 0 radical (unpaired) electrons. The molecule has 4 heteroatoms. The first-order valence-corrected chi connectivity index (χ1v) is 10.1. The maximum Gasteiger partial charge on any atom is 0.409 e. The lowest BCUT2D eigenvalue weighted by molar-refractivity contribution is 0.0971. The van der Waals surface area contributed by atoms with Crippen molar-refractivity contribution in [2.75, 3.05) is 13.7 Å². The van der Waals surface area contributed by atoms with Gasteiger partial charge in [0.1, 0.15) is 6.61 Å². The molecule has 4 rings (SSSR count). The quantitative estimate of drug-likeness (QED) is 0.582. The Morgan fingerprint density at radius 2 is 1.67 bits per heavy atom. The van der Waals surface area contributed by atoms with E-state index in [-0.39, 0.29) is 18.1 Å². The third-order valence-corrected chi connectivity index (χ3v) is 6.26. The Hall–Kier alpha value is -2.59. The fraction of sp³-hybridized carbons (Fsp3) is 0.261. The van der Waals surface area contributed by atoms with E-state index in [2.05, 4.69) is 66.9 Å².